The molecule has 0 saturated carbocycles. The van der Waals surface area contributed by atoms with Gasteiger partial charge in [-0.05, 0) is 13.3 Å². The predicted octanol–water partition coefficient (Wildman–Crippen LogP) is 0.348. The van der Waals surface area contributed by atoms with Crippen LogP contribution in [0.5, 0.6) is 0 Å². The van der Waals surface area contributed by atoms with E-state index in [0.29, 0.717) is 31.7 Å². The molecule has 4 rings (SSSR count). The average molecular weight is 302 g/mol. The summed E-state index contributed by atoms with van der Waals surface area (Å²) in [5, 5.41) is 0. The predicted molar refractivity (Wildman–Crippen MR) is 75.8 cm³/mol. The normalized spacial score (nSPS) is 30.4. The van der Waals surface area contributed by atoms with Crippen molar-refractivity contribution >= 4 is 11.8 Å². The van der Waals surface area contributed by atoms with Crippen LogP contribution in [0.4, 0.5) is 0 Å². The molecule has 7 heteroatoms. The van der Waals surface area contributed by atoms with Crippen LogP contribution in [0.2, 0.25) is 0 Å². The molecule has 0 N–H and O–H groups in total. The smallest absolute Gasteiger partial charge is 0.274 e. The van der Waals surface area contributed by atoms with Gasteiger partial charge in [0.25, 0.3) is 5.91 Å². The maximum absolute atomic E-state index is 12.7. The number of likely N-dealkylation sites (tertiary alicyclic amines) is 1. The Hall–Kier alpha value is -2.02. The number of aromatic nitrogens is 2. The molecule has 0 bridgehead atoms. The van der Waals surface area contributed by atoms with Crippen LogP contribution >= 0.6 is 0 Å². The number of ether oxygens (including phenoxy) is 1. The monoisotopic (exact) mass is 302 g/mol. The van der Waals surface area contributed by atoms with Crippen molar-refractivity contribution in [3.8, 4) is 0 Å². The van der Waals surface area contributed by atoms with E-state index in [0.717, 1.165) is 18.7 Å². The Morgan fingerprint density at radius 2 is 2.23 bits per heavy atom. The molecule has 2 amide bonds. The van der Waals surface area contributed by atoms with Crippen molar-refractivity contribution in [2.24, 2.45) is 0 Å². The second-order valence-electron chi connectivity index (χ2n) is 6.10. The highest BCUT2D eigenvalue weighted by Gasteiger charge is 2.61. The summed E-state index contributed by atoms with van der Waals surface area (Å²) in [5.74, 6) is -0.0876. The molecule has 7 nitrogen and oxygen atoms in total. The molecule has 3 saturated heterocycles. The lowest BCUT2D eigenvalue weighted by atomic mass is 10.0. The van der Waals surface area contributed by atoms with E-state index in [1.807, 2.05) is 11.8 Å². The fraction of sp³-hybridized carbons (Fsp3) is 0.600. The molecule has 2 atom stereocenters. The maximum Gasteiger partial charge on any atom is 0.274 e. The van der Waals surface area contributed by atoms with E-state index in [-0.39, 0.29) is 17.9 Å². The summed E-state index contributed by atoms with van der Waals surface area (Å²) >= 11 is 0. The Morgan fingerprint density at radius 1 is 1.36 bits per heavy atom. The highest BCUT2D eigenvalue weighted by molar-refractivity contribution is 5.94. The maximum atomic E-state index is 12.7. The molecule has 0 aliphatic carbocycles. The van der Waals surface area contributed by atoms with E-state index in [1.165, 1.54) is 6.20 Å². The molecule has 1 aromatic rings. The first-order valence-corrected chi connectivity index (χ1v) is 7.66. The molecule has 0 aromatic carbocycles. The first-order valence-electron chi connectivity index (χ1n) is 7.66. The third-order valence-corrected chi connectivity index (χ3v) is 4.87. The van der Waals surface area contributed by atoms with Crippen LogP contribution in [0.1, 0.15) is 35.4 Å². The lowest BCUT2D eigenvalue weighted by Crippen LogP contribution is -2.56. The van der Waals surface area contributed by atoms with Gasteiger partial charge in [0.2, 0.25) is 5.91 Å². The summed E-state index contributed by atoms with van der Waals surface area (Å²) in [4.78, 5) is 36.8. The minimum atomic E-state index is -0.608. The molecule has 1 aromatic heterocycles. The molecule has 4 heterocycles. The molecule has 0 radical (unpaired) electrons. The van der Waals surface area contributed by atoms with E-state index in [4.69, 9.17) is 4.74 Å². The Balaban J connectivity index is 1.63. The highest BCUT2D eigenvalue weighted by atomic mass is 16.5. The van der Waals surface area contributed by atoms with Gasteiger partial charge >= 0.3 is 0 Å². The van der Waals surface area contributed by atoms with Gasteiger partial charge in [-0.2, -0.15) is 0 Å². The van der Waals surface area contributed by atoms with Crippen molar-refractivity contribution in [1.29, 1.82) is 0 Å². The lowest BCUT2D eigenvalue weighted by Gasteiger charge is -2.42. The van der Waals surface area contributed by atoms with Crippen LogP contribution in [-0.4, -0.2) is 63.0 Å². The summed E-state index contributed by atoms with van der Waals surface area (Å²) in [7, 11) is 0. The zero-order valence-electron chi connectivity index (χ0n) is 12.5. The van der Waals surface area contributed by atoms with E-state index < -0.39 is 5.72 Å². The number of rotatable bonds is 1. The number of hydrogen-bond donors (Lipinski definition) is 0. The quantitative estimate of drug-likeness (QED) is 0.748. The van der Waals surface area contributed by atoms with Gasteiger partial charge in [-0.1, -0.05) is 0 Å². The first-order chi connectivity index (χ1) is 10.6. The van der Waals surface area contributed by atoms with Gasteiger partial charge in [0.05, 0.1) is 31.0 Å². The minimum Gasteiger partial charge on any atom is -0.353 e. The van der Waals surface area contributed by atoms with Gasteiger partial charge in [-0.25, -0.2) is 4.98 Å². The number of carbonyl (C=O) groups is 2. The van der Waals surface area contributed by atoms with Gasteiger partial charge in [0, 0.05) is 25.7 Å². The zero-order valence-corrected chi connectivity index (χ0v) is 12.5. The Labute approximate surface area is 128 Å². The van der Waals surface area contributed by atoms with Crippen molar-refractivity contribution in [3.05, 3.63) is 23.8 Å². The Morgan fingerprint density at radius 3 is 3.00 bits per heavy atom. The topological polar surface area (TPSA) is 75.6 Å². The fourth-order valence-corrected chi connectivity index (χ4v) is 3.84. The van der Waals surface area contributed by atoms with E-state index in [1.54, 1.807) is 11.1 Å². The number of amides is 2. The summed E-state index contributed by atoms with van der Waals surface area (Å²) in [6.07, 6.45) is 4.96. The summed E-state index contributed by atoms with van der Waals surface area (Å²) < 4.78 is 5.99. The average Bonchev–Trinajstić information content (AvgIpc) is 3.00. The van der Waals surface area contributed by atoms with E-state index in [9.17, 15) is 9.59 Å². The SMILES string of the molecule is Cc1cnc(C(=O)N2CC[C@@]34OCCCN3C(=O)C[C@@H]24)cn1. The van der Waals surface area contributed by atoms with Gasteiger partial charge in [-0.15, -0.1) is 0 Å². The van der Waals surface area contributed by atoms with E-state index in [2.05, 4.69) is 9.97 Å². The fourth-order valence-electron chi connectivity index (χ4n) is 3.84. The first kappa shape index (κ1) is 13.6. The molecule has 22 heavy (non-hydrogen) atoms. The van der Waals surface area contributed by atoms with Gasteiger partial charge in [0.1, 0.15) is 5.69 Å². The largest absolute Gasteiger partial charge is 0.353 e. The van der Waals surface area contributed by atoms with Crippen molar-refractivity contribution in [3.63, 3.8) is 0 Å². The molecule has 3 fully saturated rings. The summed E-state index contributed by atoms with van der Waals surface area (Å²) in [6, 6.07) is -0.212. The number of hydrogen-bond acceptors (Lipinski definition) is 5. The van der Waals surface area contributed by atoms with Gasteiger partial charge < -0.3 is 14.5 Å². The molecule has 3 aliphatic rings. The molecular formula is C15H18N4O3. The second-order valence-corrected chi connectivity index (χ2v) is 6.10. The third kappa shape index (κ3) is 1.78. The number of carbonyl (C=O) groups excluding carboxylic acids is 2. The van der Waals surface area contributed by atoms with Crippen LogP contribution in [0, 0.1) is 6.92 Å². The minimum absolute atomic E-state index is 0.0807. The van der Waals surface area contributed by atoms with Crippen molar-refractivity contribution in [2.75, 3.05) is 19.7 Å². The van der Waals surface area contributed by atoms with Crippen LogP contribution in [0.25, 0.3) is 0 Å². The van der Waals surface area contributed by atoms with Crippen LogP contribution in [0.15, 0.2) is 12.4 Å². The van der Waals surface area contributed by atoms with Crippen molar-refractivity contribution < 1.29 is 14.3 Å². The molecule has 3 aliphatic heterocycles. The number of aryl methyl sites for hydroxylation is 1. The standard InChI is InChI=1S/C15H18N4O3/c1-10-8-17-11(9-16-10)14(21)18-5-3-15-12(18)7-13(20)19(15)4-2-6-22-15/h8-9,12H,2-7H2,1H3/t12-,15+/m1/s1. The Kier molecular flexibility index (Phi) is 2.94. The molecule has 116 valence electrons. The van der Waals surface area contributed by atoms with E-state index >= 15 is 0 Å². The summed E-state index contributed by atoms with van der Waals surface area (Å²) in [5.41, 5.74) is 0.486. The number of nitrogens with zero attached hydrogens (tertiary/aromatic N) is 4. The molecule has 0 unspecified atom stereocenters. The third-order valence-electron chi connectivity index (χ3n) is 4.87. The molecule has 1 spiro atoms. The second kappa shape index (κ2) is 4.74. The van der Waals surface area contributed by atoms with Gasteiger partial charge in [0.15, 0.2) is 5.72 Å². The van der Waals surface area contributed by atoms with Crippen molar-refractivity contribution in [1.82, 2.24) is 19.8 Å². The van der Waals surface area contributed by atoms with Crippen LogP contribution in [-0.2, 0) is 9.53 Å². The summed E-state index contributed by atoms with van der Waals surface area (Å²) in [6.45, 7) is 3.78. The lowest BCUT2D eigenvalue weighted by molar-refractivity contribution is -0.179. The van der Waals surface area contributed by atoms with Crippen LogP contribution < -0.4 is 0 Å². The van der Waals surface area contributed by atoms with Gasteiger partial charge in [-0.3, -0.25) is 14.6 Å². The highest BCUT2D eigenvalue weighted by Crippen LogP contribution is 2.45. The molecular weight excluding hydrogens is 284 g/mol. The zero-order chi connectivity index (χ0) is 15.3. The van der Waals surface area contributed by atoms with Crippen molar-refractivity contribution in [2.45, 2.75) is 38.0 Å². The van der Waals surface area contributed by atoms with Crippen LogP contribution in [0.3, 0.4) is 0 Å². The Bertz CT molecular complexity index is 632.